The van der Waals surface area contributed by atoms with Crippen LogP contribution < -0.4 is 17.0 Å². The first kappa shape index (κ1) is 15.8. The maximum atomic E-state index is 13.1. The summed E-state index contributed by atoms with van der Waals surface area (Å²) in [7, 11) is 0. The average molecular weight is 345 g/mol. The Morgan fingerprint density at radius 2 is 1.85 bits per heavy atom. The summed E-state index contributed by atoms with van der Waals surface area (Å²) in [4.78, 5) is 34.3. The van der Waals surface area contributed by atoms with E-state index in [9.17, 15) is 9.59 Å². The Morgan fingerprint density at radius 3 is 2.62 bits per heavy atom. The van der Waals surface area contributed by atoms with Crippen LogP contribution in [0.3, 0.4) is 0 Å². The van der Waals surface area contributed by atoms with Gasteiger partial charge in [-0.15, -0.1) is 0 Å². The van der Waals surface area contributed by atoms with Crippen LogP contribution in [0.15, 0.2) is 76.7 Å². The summed E-state index contributed by atoms with van der Waals surface area (Å²) in [6, 6.07) is 13.8. The summed E-state index contributed by atoms with van der Waals surface area (Å²) in [6.07, 6.45) is 4.82. The number of hydrogen-bond acceptors (Lipinski definition) is 5. The van der Waals surface area contributed by atoms with Gasteiger partial charge in [0.05, 0.1) is 17.6 Å². The summed E-state index contributed by atoms with van der Waals surface area (Å²) in [6.45, 7) is 0.124. The van der Waals surface area contributed by atoms with Crippen molar-refractivity contribution in [2.24, 2.45) is 0 Å². The van der Waals surface area contributed by atoms with Crippen LogP contribution in [0.25, 0.3) is 16.7 Å². The summed E-state index contributed by atoms with van der Waals surface area (Å²) < 4.78 is 2.59. The number of rotatable bonds is 3. The van der Waals surface area contributed by atoms with Crippen LogP contribution in [0, 0.1) is 0 Å². The number of aromatic nitrogens is 4. The predicted molar refractivity (Wildman–Crippen MR) is 99.4 cm³/mol. The molecule has 0 saturated carbocycles. The molecule has 0 aliphatic carbocycles. The van der Waals surface area contributed by atoms with E-state index >= 15 is 0 Å². The van der Waals surface area contributed by atoms with Crippen LogP contribution in [0.2, 0.25) is 0 Å². The van der Waals surface area contributed by atoms with Crippen molar-refractivity contribution in [3.63, 3.8) is 0 Å². The topological polar surface area (TPSA) is 95.8 Å². The van der Waals surface area contributed by atoms with Gasteiger partial charge in [-0.05, 0) is 42.0 Å². The predicted octanol–water partition coefficient (Wildman–Crippen LogP) is 1.57. The third-order valence-electron chi connectivity index (χ3n) is 4.09. The molecule has 7 heteroatoms. The molecule has 0 spiro atoms. The molecule has 0 amide bonds. The highest BCUT2D eigenvalue weighted by atomic mass is 16.2. The lowest BCUT2D eigenvalue weighted by atomic mass is 10.2. The fourth-order valence-electron chi connectivity index (χ4n) is 2.90. The van der Waals surface area contributed by atoms with Crippen molar-refractivity contribution < 1.29 is 0 Å². The largest absolute Gasteiger partial charge is 0.399 e. The summed E-state index contributed by atoms with van der Waals surface area (Å²) in [5.41, 5.74) is 7.14. The molecule has 1 aromatic carbocycles. The average Bonchev–Trinajstić information content (AvgIpc) is 2.66. The molecule has 2 N–H and O–H groups in total. The van der Waals surface area contributed by atoms with Gasteiger partial charge in [-0.25, -0.2) is 14.3 Å². The number of fused-ring (bicyclic) bond motifs is 1. The Labute approximate surface area is 148 Å². The van der Waals surface area contributed by atoms with E-state index in [-0.39, 0.29) is 12.1 Å². The third kappa shape index (κ3) is 2.65. The first-order chi connectivity index (χ1) is 12.6. The van der Waals surface area contributed by atoms with Crippen molar-refractivity contribution in [3.05, 3.63) is 93.5 Å². The van der Waals surface area contributed by atoms with E-state index in [4.69, 9.17) is 5.73 Å². The molecular weight excluding hydrogens is 330 g/mol. The lowest BCUT2D eigenvalue weighted by molar-refractivity contribution is 0.681. The van der Waals surface area contributed by atoms with Gasteiger partial charge in [0.15, 0.2) is 5.65 Å². The van der Waals surface area contributed by atoms with Gasteiger partial charge in [0.25, 0.3) is 5.56 Å². The Bertz CT molecular complexity index is 1210. The highest BCUT2D eigenvalue weighted by Crippen LogP contribution is 2.14. The molecule has 7 nitrogen and oxygen atoms in total. The zero-order valence-electron chi connectivity index (χ0n) is 13.7. The number of nitrogen functional groups attached to an aromatic ring is 1. The minimum Gasteiger partial charge on any atom is -0.399 e. The minimum absolute atomic E-state index is 0.124. The fraction of sp³-hybridized carbons (Fsp3) is 0.0526. The van der Waals surface area contributed by atoms with Gasteiger partial charge < -0.3 is 5.73 Å². The number of nitrogens with two attached hydrogens (primary N) is 1. The van der Waals surface area contributed by atoms with Crippen molar-refractivity contribution in [3.8, 4) is 5.69 Å². The SMILES string of the molecule is Nc1cccc(-n2c(=O)n(Cc3cccnc3)c(=O)c3cccnc32)c1. The van der Waals surface area contributed by atoms with Crippen LogP contribution in [-0.4, -0.2) is 19.1 Å². The van der Waals surface area contributed by atoms with Crippen LogP contribution in [0.5, 0.6) is 0 Å². The van der Waals surface area contributed by atoms with Crippen molar-refractivity contribution >= 4 is 16.7 Å². The molecule has 4 rings (SSSR count). The van der Waals surface area contributed by atoms with Crippen molar-refractivity contribution in [2.75, 3.05) is 5.73 Å². The highest BCUT2D eigenvalue weighted by molar-refractivity contribution is 5.75. The van der Waals surface area contributed by atoms with Crippen LogP contribution in [0.1, 0.15) is 5.56 Å². The normalized spacial score (nSPS) is 10.9. The van der Waals surface area contributed by atoms with Crippen molar-refractivity contribution in [2.45, 2.75) is 6.54 Å². The van der Waals surface area contributed by atoms with Gasteiger partial charge in [0.1, 0.15) is 0 Å². The molecular formula is C19H15N5O2. The van der Waals surface area contributed by atoms with Crippen LogP contribution in [-0.2, 0) is 6.54 Å². The zero-order valence-corrected chi connectivity index (χ0v) is 13.7. The van der Waals surface area contributed by atoms with E-state index in [1.54, 1.807) is 61.1 Å². The lowest BCUT2D eigenvalue weighted by Crippen LogP contribution is -2.40. The van der Waals surface area contributed by atoms with Gasteiger partial charge in [0.2, 0.25) is 0 Å². The number of hydrogen-bond donors (Lipinski definition) is 1. The first-order valence-corrected chi connectivity index (χ1v) is 8.00. The van der Waals surface area contributed by atoms with Gasteiger partial charge in [0, 0.05) is 24.3 Å². The standard InChI is InChI=1S/C19H15N5O2/c20-14-5-1-6-15(10-14)24-17-16(7-3-9-22-17)18(25)23(19(24)26)12-13-4-2-8-21-11-13/h1-11H,12,20H2. The van der Waals surface area contributed by atoms with E-state index in [1.165, 1.54) is 9.13 Å². The molecule has 4 aromatic rings. The third-order valence-corrected chi connectivity index (χ3v) is 4.09. The molecule has 3 heterocycles. The second kappa shape index (κ2) is 6.29. The number of pyridine rings is 2. The lowest BCUT2D eigenvalue weighted by Gasteiger charge is -2.13. The Balaban J connectivity index is 2.05. The Kier molecular flexibility index (Phi) is 3.81. The van der Waals surface area contributed by atoms with E-state index in [0.29, 0.717) is 22.4 Å². The molecule has 128 valence electrons. The van der Waals surface area contributed by atoms with Gasteiger partial charge in [-0.3, -0.25) is 14.3 Å². The Morgan fingerprint density at radius 1 is 1.00 bits per heavy atom. The van der Waals surface area contributed by atoms with Crippen molar-refractivity contribution in [1.82, 2.24) is 19.1 Å². The van der Waals surface area contributed by atoms with Gasteiger partial charge in [-0.2, -0.15) is 0 Å². The summed E-state index contributed by atoms with van der Waals surface area (Å²) >= 11 is 0. The number of nitrogens with zero attached hydrogens (tertiary/aromatic N) is 4. The van der Waals surface area contributed by atoms with Gasteiger partial charge in [-0.1, -0.05) is 12.1 Å². The zero-order chi connectivity index (χ0) is 18.1. The Hall–Kier alpha value is -3.74. The molecule has 0 fully saturated rings. The monoisotopic (exact) mass is 345 g/mol. The molecule has 26 heavy (non-hydrogen) atoms. The maximum absolute atomic E-state index is 13.1. The molecule has 0 atom stereocenters. The molecule has 0 bridgehead atoms. The van der Waals surface area contributed by atoms with E-state index in [0.717, 1.165) is 5.56 Å². The molecule has 3 aromatic heterocycles. The smallest absolute Gasteiger partial charge is 0.337 e. The van der Waals surface area contributed by atoms with E-state index in [2.05, 4.69) is 9.97 Å². The van der Waals surface area contributed by atoms with E-state index < -0.39 is 5.69 Å². The van der Waals surface area contributed by atoms with Gasteiger partial charge >= 0.3 is 5.69 Å². The summed E-state index contributed by atoms with van der Waals surface area (Å²) in [5, 5.41) is 0.360. The summed E-state index contributed by atoms with van der Waals surface area (Å²) in [5.74, 6) is 0. The molecule has 0 radical (unpaired) electrons. The molecule has 0 unspecified atom stereocenters. The maximum Gasteiger partial charge on any atom is 0.337 e. The first-order valence-electron chi connectivity index (χ1n) is 8.00. The quantitative estimate of drug-likeness (QED) is 0.569. The minimum atomic E-state index is -0.476. The second-order valence-electron chi connectivity index (χ2n) is 5.84. The fourth-order valence-corrected chi connectivity index (χ4v) is 2.90. The van der Waals surface area contributed by atoms with Crippen LogP contribution in [0.4, 0.5) is 5.69 Å². The highest BCUT2D eigenvalue weighted by Gasteiger charge is 2.15. The molecule has 0 aliphatic rings. The number of anilines is 1. The second-order valence-corrected chi connectivity index (χ2v) is 5.84. The van der Waals surface area contributed by atoms with Crippen molar-refractivity contribution in [1.29, 1.82) is 0 Å². The number of benzene rings is 1. The molecule has 0 aliphatic heterocycles. The molecule has 0 saturated heterocycles. The van der Waals surface area contributed by atoms with Crippen LogP contribution >= 0.6 is 0 Å². The van der Waals surface area contributed by atoms with E-state index in [1.807, 2.05) is 6.07 Å².